The summed E-state index contributed by atoms with van der Waals surface area (Å²) in [4.78, 5) is 32.9. The second-order valence-electron chi connectivity index (χ2n) is 12.8. The highest BCUT2D eigenvalue weighted by molar-refractivity contribution is 5.94. The Balaban J connectivity index is 1.44. The van der Waals surface area contributed by atoms with Gasteiger partial charge in [-0.25, -0.2) is 0 Å². The van der Waals surface area contributed by atoms with Gasteiger partial charge in [-0.2, -0.15) is 13.2 Å². The first-order chi connectivity index (χ1) is 24.1. The van der Waals surface area contributed by atoms with Gasteiger partial charge in [0.25, 0.3) is 0 Å². The number of rotatable bonds is 11. The number of carbonyl (C=O) groups is 2. The van der Waals surface area contributed by atoms with E-state index >= 15 is 4.79 Å². The molecule has 0 aromatic heterocycles. The van der Waals surface area contributed by atoms with Crippen LogP contribution in [0.15, 0.2) is 146 Å². The lowest BCUT2D eigenvalue weighted by molar-refractivity contribution is -0.167. The van der Waals surface area contributed by atoms with Crippen LogP contribution >= 0.6 is 0 Å². The van der Waals surface area contributed by atoms with Crippen molar-refractivity contribution in [3.63, 3.8) is 0 Å². The minimum atomic E-state index is -4.50. The lowest BCUT2D eigenvalue weighted by atomic mass is 9.80. The molecule has 1 aliphatic rings. The first kappa shape index (κ1) is 34.6. The summed E-state index contributed by atoms with van der Waals surface area (Å²) in [6, 6.07) is 42.9. The van der Waals surface area contributed by atoms with E-state index in [9.17, 15) is 18.0 Å². The molecule has 1 saturated heterocycles. The van der Waals surface area contributed by atoms with Crippen molar-refractivity contribution in [2.24, 2.45) is 0 Å². The monoisotopic (exact) mass is 675 g/mol. The van der Waals surface area contributed by atoms with Crippen LogP contribution in [-0.4, -0.2) is 40.2 Å². The Morgan fingerprint density at radius 2 is 1.10 bits per heavy atom. The minimum absolute atomic E-state index is 0.113. The van der Waals surface area contributed by atoms with E-state index in [2.05, 4.69) is 34.5 Å². The quantitative estimate of drug-likeness (QED) is 0.152. The van der Waals surface area contributed by atoms with Crippen LogP contribution in [0.1, 0.15) is 71.8 Å². The predicted molar refractivity (Wildman–Crippen MR) is 189 cm³/mol. The van der Waals surface area contributed by atoms with E-state index in [1.807, 2.05) is 97.1 Å². The Morgan fingerprint density at radius 3 is 1.50 bits per heavy atom. The third-order valence-corrected chi connectivity index (χ3v) is 9.63. The molecule has 0 bridgehead atoms. The maximum absolute atomic E-state index is 15.0. The number of benzene rings is 5. The van der Waals surface area contributed by atoms with E-state index in [4.69, 9.17) is 0 Å². The number of hydrogen-bond donors (Lipinski definition) is 1. The fourth-order valence-electron chi connectivity index (χ4n) is 7.11. The molecule has 256 valence electrons. The Labute approximate surface area is 291 Å². The van der Waals surface area contributed by atoms with Gasteiger partial charge in [0.05, 0.1) is 23.7 Å². The van der Waals surface area contributed by atoms with E-state index in [1.54, 1.807) is 18.7 Å². The largest absolute Gasteiger partial charge is 0.416 e. The van der Waals surface area contributed by atoms with Gasteiger partial charge < -0.3 is 10.2 Å². The molecule has 1 heterocycles. The summed E-state index contributed by atoms with van der Waals surface area (Å²) < 4.78 is 40.5. The fraction of sp³-hybridized carbons (Fsp3) is 0.238. The first-order valence-electron chi connectivity index (χ1n) is 16.9. The molecule has 0 aliphatic carbocycles. The van der Waals surface area contributed by atoms with Crippen molar-refractivity contribution in [3.05, 3.63) is 179 Å². The molecule has 8 heteroatoms. The van der Waals surface area contributed by atoms with Crippen LogP contribution in [0.5, 0.6) is 0 Å². The fourth-order valence-corrected chi connectivity index (χ4v) is 7.11. The van der Waals surface area contributed by atoms with E-state index in [0.29, 0.717) is 5.56 Å². The maximum Gasteiger partial charge on any atom is 0.416 e. The average molecular weight is 676 g/mol. The smallest absolute Gasteiger partial charge is 0.343 e. The molecule has 1 N–H and O–H groups in total. The van der Waals surface area contributed by atoms with Crippen molar-refractivity contribution >= 4 is 11.8 Å². The number of alkyl halides is 3. The van der Waals surface area contributed by atoms with Crippen LogP contribution in [0.3, 0.4) is 0 Å². The minimum Gasteiger partial charge on any atom is -0.343 e. The molecule has 5 aromatic carbocycles. The van der Waals surface area contributed by atoms with Crippen molar-refractivity contribution in [3.8, 4) is 0 Å². The Morgan fingerprint density at radius 1 is 0.680 bits per heavy atom. The molecule has 1 atom stereocenters. The van der Waals surface area contributed by atoms with E-state index < -0.39 is 29.4 Å². The molecule has 1 aliphatic heterocycles. The number of likely N-dealkylation sites (tertiary alicyclic amines) is 1. The summed E-state index contributed by atoms with van der Waals surface area (Å²) in [6.45, 7) is 3.94. The third kappa shape index (κ3) is 7.07. The van der Waals surface area contributed by atoms with Crippen LogP contribution in [0.4, 0.5) is 13.2 Å². The molecular formula is C42H40F3N3O2. The highest BCUT2D eigenvalue weighted by Crippen LogP contribution is 2.43. The van der Waals surface area contributed by atoms with Gasteiger partial charge >= 0.3 is 6.18 Å². The van der Waals surface area contributed by atoms with E-state index in [0.717, 1.165) is 34.4 Å². The number of halogens is 3. The lowest BCUT2D eigenvalue weighted by Gasteiger charge is -2.58. The van der Waals surface area contributed by atoms with Crippen molar-refractivity contribution in [1.82, 2.24) is 15.1 Å². The van der Waals surface area contributed by atoms with Gasteiger partial charge in [0.15, 0.2) is 0 Å². The predicted octanol–water partition coefficient (Wildman–Crippen LogP) is 8.75. The van der Waals surface area contributed by atoms with Gasteiger partial charge in [-0.3, -0.25) is 14.5 Å². The number of amides is 2. The SMILES string of the molecule is CCC(=O)N([C@@H](C)c1ccc(C(F)(F)F)cc1)C1(C(=O)NC(c2ccccc2)c2ccccc2)CN(C(c2ccccc2)c2ccccc2)C1. The Kier molecular flexibility index (Phi) is 10.2. The van der Waals surface area contributed by atoms with Gasteiger partial charge in [0.1, 0.15) is 5.54 Å². The molecule has 50 heavy (non-hydrogen) atoms. The molecular weight excluding hydrogens is 635 g/mol. The molecule has 0 unspecified atom stereocenters. The first-order valence-corrected chi connectivity index (χ1v) is 16.9. The summed E-state index contributed by atoms with van der Waals surface area (Å²) in [7, 11) is 0. The summed E-state index contributed by atoms with van der Waals surface area (Å²) in [5.74, 6) is -0.592. The molecule has 2 amide bonds. The van der Waals surface area contributed by atoms with E-state index in [1.165, 1.54) is 12.1 Å². The van der Waals surface area contributed by atoms with Crippen LogP contribution in [0, 0.1) is 0 Å². The van der Waals surface area contributed by atoms with Crippen molar-refractivity contribution in [1.29, 1.82) is 0 Å². The number of carbonyl (C=O) groups excluding carboxylic acids is 2. The maximum atomic E-state index is 15.0. The highest BCUT2D eigenvalue weighted by Gasteiger charge is 2.58. The summed E-state index contributed by atoms with van der Waals surface area (Å²) >= 11 is 0. The van der Waals surface area contributed by atoms with Crippen molar-refractivity contribution < 1.29 is 22.8 Å². The second-order valence-corrected chi connectivity index (χ2v) is 12.8. The van der Waals surface area contributed by atoms with Crippen LogP contribution in [0.2, 0.25) is 0 Å². The molecule has 6 rings (SSSR count). The Bertz CT molecular complexity index is 1780. The molecule has 0 radical (unpaired) electrons. The molecule has 5 aromatic rings. The number of hydrogen-bond acceptors (Lipinski definition) is 3. The summed E-state index contributed by atoms with van der Waals surface area (Å²) in [6.07, 6.45) is -4.38. The van der Waals surface area contributed by atoms with Gasteiger partial charge in [-0.1, -0.05) is 140 Å². The van der Waals surface area contributed by atoms with Gasteiger partial charge in [-0.15, -0.1) is 0 Å². The summed E-state index contributed by atoms with van der Waals surface area (Å²) in [5, 5.41) is 3.32. The topological polar surface area (TPSA) is 52.7 Å². The zero-order valence-electron chi connectivity index (χ0n) is 28.1. The second kappa shape index (κ2) is 14.7. The van der Waals surface area contributed by atoms with Gasteiger partial charge in [0, 0.05) is 19.5 Å². The molecule has 5 nitrogen and oxygen atoms in total. The van der Waals surface area contributed by atoms with Gasteiger partial charge in [0.2, 0.25) is 11.8 Å². The molecule has 0 saturated carbocycles. The Hall–Kier alpha value is -5.21. The molecule has 0 spiro atoms. The highest BCUT2D eigenvalue weighted by atomic mass is 19.4. The molecule has 1 fully saturated rings. The zero-order valence-corrected chi connectivity index (χ0v) is 28.1. The van der Waals surface area contributed by atoms with Crippen LogP contribution in [0.25, 0.3) is 0 Å². The van der Waals surface area contributed by atoms with Crippen LogP contribution in [-0.2, 0) is 15.8 Å². The number of nitrogens with zero attached hydrogens (tertiary/aromatic N) is 2. The third-order valence-electron chi connectivity index (χ3n) is 9.63. The standard InChI is InChI=1S/C42H40F3N3O2/c1-3-37(49)48(30(2)31-24-26-36(27-25-31)42(43,44)45)41(40(50)46-38(32-16-8-4-9-17-32)33-18-10-5-11-19-33)28-47(29-41)39(34-20-12-6-13-21-34)35-22-14-7-15-23-35/h4-27,30,38-39H,3,28-29H2,1-2H3,(H,46,50)/t30-/m0/s1. The van der Waals surface area contributed by atoms with Crippen molar-refractivity contribution in [2.45, 2.75) is 50.1 Å². The summed E-state index contributed by atoms with van der Waals surface area (Å²) in [5.41, 5.74) is 2.26. The van der Waals surface area contributed by atoms with Crippen LogP contribution < -0.4 is 5.32 Å². The average Bonchev–Trinajstić information content (AvgIpc) is 3.13. The van der Waals surface area contributed by atoms with E-state index in [-0.39, 0.29) is 37.4 Å². The van der Waals surface area contributed by atoms with Gasteiger partial charge in [-0.05, 0) is 46.9 Å². The normalized spacial score (nSPS) is 14.9. The number of nitrogens with one attached hydrogen (secondary N) is 1. The zero-order chi connectivity index (χ0) is 35.3. The lowest BCUT2D eigenvalue weighted by Crippen LogP contribution is -2.77. The van der Waals surface area contributed by atoms with Crippen molar-refractivity contribution in [2.75, 3.05) is 13.1 Å².